The third-order valence-electron chi connectivity index (χ3n) is 4.26. The number of nitrogens with one attached hydrogen (secondary N) is 2. The second kappa shape index (κ2) is 8.24. The van der Waals surface area contributed by atoms with Gasteiger partial charge in [-0.15, -0.1) is 11.8 Å². The second-order valence-corrected chi connectivity index (χ2v) is 7.07. The highest BCUT2D eigenvalue weighted by Crippen LogP contribution is 2.35. The molecule has 1 aromatic heterocycles. The van der Waals surface area contributed by atoms with Crippen molar-refractivity contribution >= 4 is 29.3 Å². The van der Waals surface area contributed by atoms with E-state index in [-0.39, 0.29) is 12.0 Å². The van der Waals surface area contributed by atoms with Gasteiger partial charge in [-0.3, -0.25) is 14.6 Å². The molecule has 10 heteroatoms. The Morgan fingerprint density at radius 1 is 1.21 bits per heavy atom. The van der Waals surface area contributed by atoms with E-state index in [2.05, 4.69) is 15.6 Å². The largest absolute Gasteiger partial charge is 0.433 e. The van der Waals surface area contributed by atoms with Crippen molar-refractivity contribution in [3.63, 3.8) is 0 Å². The molecule has 0 fully saturated rings. The molecule has 0 saturated carbocycles. The van der Waals surface area contributed by atoms with Crippen LogP contribution in [0.1, 0.15) is 23.7 Å². The molecule has 0 radical (unpaired) electrons. The Balaban J connectivity index is 1.81. The van der Waals surface area contributed by atoms with Crippen LogP contribution in [-0.2, 0) is 15.8 Å². The van der Waals surface area contributed by atoms with Crippen molar-refractivity contribution in [3.8, 4) is 0 Å². The normalized spacial score (nSPS) is 17.1. The van der Waals surface area contributed by atoms with Crippen LogP contribution >= 0.6 is 11.8 Å². The van der Waals surface area contributed by atoms with E-state index in [4.69, 9.17) is 0 Å². The van der Waals surface area contributed by atoms with Crippen LogP contribution in [0.2, 0.25) is 0 Å². The summed E-state index contributed by atoms with van der Waals surface area (Å²) in [6, 6.07) is 6.57. The summed E-state index contributed by atoms with van der Waals surface area (Å²) in [6.07, 6.45) is -1.56. The minimum Gasteiger partial charge on any atom is -0.345 e. The van der Waals surface area contributed by atoms with Gasteiger partial charge in [0.05, 0.1) is 6.04 Å². The van der Waals surface area contributed by atoms with Gasteiger partial charge >= 0.3 is 6.18 Å². The fourth-order valence-corrected chi connectivity index (χ4v) is 3.54. The molecule has 2 aromatic rings. The number of alkyl halides is 3. The number of thioether (sulfide) groups is 1. The monoisotopic (exact) mass is 425 g/mol. The molecule has 1 atom stereocenters. The molecule has 0 aliphatic carbocycles. The van der Waals surface area contributed by atoms with E-state index in [0.29, 0.717) is 16.2 Å². The Kier molecular flexibility index (Phi) is 5.92. The Bertz CT molecular complexity index is 957. The van der Waals surface area contributed by atoms with Crippen LogP contribution in [0.3, 0.4) is 0 Å². The summed E-state index contributed by atoms with van der Waals surface area (Å²) in [7, 11) is 0. The topological polar surface area (TPSA) is 71.1 Å². The molecule has 0 spiro atoms. The van der Waals surface area contributed by atoms with Crippen molar-refractivity contribution < 1.29 is 27.2 Å². The first-order valence-electron chi connectivity index (χ1n) is 8.37. The molecule has 2 amide bonds. The van der Waals surface area contributed by atoms with E-state index in [0.717, 1.165) is 12.3 Å². The van der Waals surface area contributed by atoms with Gasteiger partial charge in [0.25, 0.3) is 11.8 Å². The van der Waals surface area contributed by atoms with Gasteiger partial charge < -0.3 is 10.6 Å². The van der Waals surface area contributed by atoms with Crippen LogP contribution in [0.25, 0.3) is 0 Å². The third kappa shape index (κ3) is 4.76. The van der Waals surface area contributed by atoms with Crippen LogP contribution in [-0.4, -0.2) is 23.1 Å². The Labute approximate surface area is 167 Å². The SMILES string of the molecule is CSC1=C(C(=O)Nc2ccc(F)cc2)C(=O)NC(c2ccc(C(F)(F)F)nc2)C1. The number of anilines is 1. The molecule has 2 heterocycles. The lowest BCUT2D eigenvalue weighted by Gasteiger charge is -2.27. The molecule has 1 aliphatic rings. The highest BCUT2D eigenvalue weighted by Gasteiger charge is 2.34. The number of benzene rings is 1. The number of hydrogen-bond donors (Lipinski definition) is 2. The number of nitrogens with zero attached hydrogens (tertiary/aromatic N) is 1. The van der Waals surface area contributed by atoms with Gasteiger partial charge in [-0.1, -0.05) is 6.07 Å². The van der Waals surface area contributed by atoms with E-state index in [1.54, 1.807) is 6.26 Å². The average Bonchev–Trinajstić information content (AvgIpc) is 2.68. The Morgan fingerprint density at radius 3 is 2.45 bits per heavy atom. The molecule has 152 valence electrons. The average molecular weight is 425 g/mol. The number of pyridine rings is 1. The van der Waals surface area contributed by atoms with E-state index < -0.39 is 35.5 Å². The van der Waals surface area contributed by atoms with E-state index >= 15 is 0 Å². The van der Waals surface area contributed by atoms with Crippen molar-refractivity contribution in [3.05, 3.63) is 70.1 Å². The number of aromatic nitrogens is 1. The summed E-state index contributed by atoms with van der Waals surface area (Å²) in [5.74, 6) is -1.76. The van der Waals surface area contributed by atoms with Gasteiger partial charge in [-0.2, -0.15) is 13.2 Å². The van der Waals surface area contributed by atoms with Gasteiger partial charge in [0, 0.05) is 23.2 Å². The molecular weight excluding hydrogens is 410 g/mol. The predicted octanol–water partition coefficient (Wildman–Crippen LogP) is 4.06. The lowest BCUT2D eigenvalue weighted by Crippen LogP contribution is -2.38. The van der Waals surface area contributed by atoms with Crippen molar-refractivity contribution in [2.24, 2.45) is 0 Å². The standard InChI is InChI=1S/C19H15F4N3O2S/c1-29-14-8-13(10-2-7-15(24-9-10)19(21,22)23)26-18(28)16(14)17(27)25-12-5-3-11(20)4-6-12/h2-7,9,13H,8H2,1H3,(H,25,27)(H,26,28). The first kappa shape index (κ1) is 20.8. The van der Waals surface area contributed by atoms with E-state index in [9.17, 15) is 27.2 Å². The van der Waals surface area contributed by atoms with Crippen molar-refractivity contribution in [2.75, 3.05) is 11.6 Å². The summed E-state index contributed by atoms with van der Waals surface area (Å²) in [6.45, 7) is 0. The number of carbonyl (C=O) groups is 2. The van der Waals surface area contributed by atoms with Gasteiger partial charge in [0.2, 0.25) is 0 Å². The smallest absolute Gasteiger partial charge is 0.345 e. The molecular formula is C19H15F4N3O2S. The van der Waals surface area contributed by atoms with Crippen molar-refractivity contribution in [1.29, 1.82) is 0 Å². The molecule has 0 saturated heterocycles. The molecule has 0 bridgehead atoms. The number of amides is 2. The quantitative estimate of drug-likeness (QED) is 0.573. The van der Waals surface area contributed by atoms with Crippen LogP contribution < -0.4 is 10.6 Å². The fourth-order valence-electron chi connectivity index (χ4n) is 2.82. The third-order valence-corrected chi connectivity index (χ3v) is 5.12. The summed E-state index contributed by atoms with van der Waals surface area (Å²) < 4.78 is 51.0. The molecule has 29 heavy (non-hydrogen) atoms. The summed E-state index contributed by atoms with van der Waals surface area (Å²) >= 11 is 1.20. The van der Waals surface area contributed by atoms with Crippen LogP contribution in [0, 0.1) is 5.82 Å². The van der Waals surface area contributed by atoms with Gasteiger partial charge in [-0.05, 0) is 42.2 Å². The maximum absolute atomic E-state index is 13.0. The zero-order chi connectivity index (χ0) is 21.2. The zero-order valence-corrected chi connectivity index (χ0v) is 15.8. The minimum absolute atomic E-state index is 0.0852. The summed E-state index contributed by atoms with van der Waals surface area (Å²) in [4.78, 5) is 29.0. The van der Waals surface area contributed by atoms with Crippen molar-refractivity contribution in [1.82, 2.24) is 10.3 Å². The van der Waals surface area contributed by atoms with Crippen molar-refractivity contribution in [2.45, 2.75) is 18.6 Å². The number of rotatable bonds is 4. The molecule has 5 nitrogen and oxygen atoms in total. The number of hydrogen-bond acceptors (Lipinski definition) is 4. The lowest BCUT2D eigenvalue weighted by atomic mass is 9.98. The lowest BCUT2D eigenvalue weighted by molar-refractivity contribution is -0.141. The number of halogens is 4. The molecule has 1 aliphatic heterocycles. The van der Waals surface area contributed by atoms with E-state index in [1.165, 1.54) is 42.1 Å². The highest BCUT2D eigenvalue weighted by molar-refractivity contribution is 8.02. The van der Waals surface area contributed by atoms with E-state index in [1.807, 2.05) is 0 Å². The zero-order valence-electron chi connectivity index (χ0n) is 15.0. The molecule has 1 aromatic carbocycles. The molecule has 3 rings (SSSR count). The first-order valence-corrected chi connectivity index (χ1v) is 9.59. The summed E-state index contributed by atoms with van der Waals surface area (Å²) in [5.41, 5.74) is -0.386. The van der Waals surface area contributed by atoms with Gasteiger partial charge in [0.15, 0.2) is 0 Å². The van der Waals surface area contributed by atoms with Gasteiger partial charge in [-0.25, -0.2) is 4.39 Å². The molecule has 2 N–H and O–H groups in total. The predicted molar refractivity (Wildman–Crippen MR) is 100 cm³/mol. The fraction of sp³-hybridized carbons (Fsp3) is 0.211. The summed E-state index contributed by atoms with van der Waals surface area (Å²) in [5, 5.41) is 5.17. The maximum atomic E-state index is 13.0. The van der Waals surface area contributed by atoms with Crippen LogP contribution in [0.5, 0.6) is 0 Å². The second-order valence-electron chi connectivity index (χ2n) is 6.17. The minimum atomic E-state index is -4.55. The van der Waals surface area contributed by atoms with Gasteiger partial charge in [0.1, 0.15) is 17.1 Å². The first-order chi connectivity index (χ1) is 13.7. The molecule has 1 unspecified atom stereocenters. The maximum Gasteiger partial charge on any atom is 0.433 e. The Hall–Kier alpha value is -2.88. The van der Waals surface area contributed by atoms with Crippen LogP contribution in [0.4, 0.5) is 23.2 Å². The highest BCUT2D eigenvalue weighted by atomic mass is 32.2. The van der Waals surface area contributed by atoms with Crippen LogP contribution in [0.15, 0.2) is 53.1 Å². The Morgan fingerprint density at radius 2 is 1.90 bits per heavy atom. The number of carbonyl (C=O) groups excluding carboxylic acids is 2.